The molecular formula is C23H22Cl2FN3S. The first-order chi connectivity index (χ1) is 14.4. The van der Waals surface area contributed by atoms with Crippen molar-refractivity contribution < 1.29 is 4.39 Å². The second-order valence-electron chi connectivity index (χ2n) is 6.81. The lowest BCUT2D eigenvalue weighted by Gasteiger charge is -2.08. The summed E-state index contributed by atoms with van der Waals surface area (Å²) >= 11 is 15.3. The van der Waals surface area contributed by atoms with Crippen LogP contribution < -0.4 is 10.6 Å². The first-order valence-electron chi connectivity index (χ1n) is 9.29. The minimum Gasteiger partial charge on any atom is -0.361 e. The van der Waals surface area contributed by atoms with Gasteiger partial charge in [0.2, 0.25) is 0 Å². The van der Waals surface area contributed by atoms with Crippen molar-refractivity contribution in [3.8, 4) is 0 Å². The van der Waals surface area contributed by atoms with Gasteiger partial charge in [-0.3, -0.25) is 0 Å². The fourth-order valence-electron chi connectivity index (χ4n) is 2.96. The fraction of sp³-hybridized carbons (Fsp3) is 0.130. The molecule has 30 heavy (non-hydrogen) atoms. The molecule has 0 aliphatic rings. The van der Waals surface area contributed by atoms with E-state index < -0.39 is 0 Å². The molecule has 156 valence electrons. The molecule has 0 saturated heterocycles. The smallest absolute Gasteiger partial charge is 0.146 e. The minimum absolute atomic E-state index is 0.238. The zero-order valence-electron chi connectivity index (χ0n) is 16.6. The summed E-state index contributed by atoms with van der Waals surface area (Å²) in [6, 6.07) is 16.4. The molecule has 0 fully saturated rings. The standard InChI is InChI=1S/C17H18FN3.C6H4Cl2S/c1-11-3-6-16(15(18)7-11)21-13-4-5-14-12(9-19-2)10-20-17(14)8-13;7-5-2-1-4(9)3-6(5)8/h3-8,10,19-21H,9H2,1-2H3;1-3,9H. The zero-order chi connectivity index (χ0) is 21.7. The third-order valence-electron chi connectivity index (χ3n) is 4.44. The molecule has 4 aromatic rings. The Morgan fingerprint density at radius 1 is 1.00 bits per heavy atom. The van der Waals surface area contributed by atoms with E-state index in [9.17, 15) is 4.39 Å². The summed E-state index contributed by atoms with van der Waals surface area (Å²) in [6.45, 7) is 2.69. The number of nitrogens with one attached hydrogen (secondary N) is 3. The van der Waals surface area contributed by atoms with Gasteiger partial charge in [0.1, 0.15) is 5.82 Å². The average molecular weight is 462 g/mol. The van der Waals surface area contributed by atoms with E-state index >= 15 is 0 Å². The van der Waals surface area contributed by atoms with Crippen LogP contribution in [-0.2, 0) is 6.54 Å². The van der Waals surface area contributed by atoms with Crippen LogP contribution in [0.2, 0.25) is 10.0 Å². The van der Waals surface area contributed by atoms with Gasteiger partial charge in [-0.2, -0.15) is 0 Å². The van der Waals surface area contributed by atoms with Crippen LogP contribution in [0.1, 0.15) is 11.1 Å². The zero-order valence-corrected chi connectivity index (χ0v) is 19.0. The summed E-state index contributed by atoms with van der Waals surface area (Å²) < 4.78 is 13.9. The highest BCUT2D eigenvalue weighted by Gasteiger charge is 2.06. The number of rotatable bonds is 4. The van der Waals surface area contributed by atoms with Gasteiger partial charge in [-0.1, -0.05) is 35.3 Å². The van der Waals surface area contributed by atoms with E-state index in [-0.39, 0.29) is 5.82 Å². The van der Waals surface area contributed by atoms with Crippen molar-refractivity contribution in [1.82, 2.24) is 10.3 Å². The Bertz CT molecular complexity index is 1160. The van der Waals surface area contributed by atoms with Crippen LogP contribution in [0.15, 0.2) is 65.7 Å². The molecule has 0 unspecified atom stereocenters. The number of thiol groups is 1. The summed E-state index contributed by atoms with van der Waals surface area (Å²) in [5, 5.41) is 8.56. The summed E-state index contributed by atoms with van der Waals surface area (Å²) in [4.78, 5) is 4.07. The van der Waals surface area contributed by atoms with E-state index in [1.165, 1.54) is 17.0 Å². The van der Waals surface area contributed by atoms with Gasteiger partial charge in [0.25, 0.3) is 0 Å². The molecule has 3 aromatic carbocycles. The lowest BCUT2D eigenvalue weighted by molar-refractivity contribution is 0.631. The highest BCUT2D eigenvalue weighted by atomic mass is 35.5. The van der Waals surface area contributed by atoms with Crippen molar-refractivity contribution >= 4 is 58.1 Å². The molecule has 0 amide bonds. The maximum absolute atomic E-state index is 13.9. The predicted octanol–water partition coefficient (Wildman–Crippen LogP) is 7.36. The van der Waals surface area contributed by atoms with Crippen LogP contribution in [0.5, 0.6) is 0 Å². The Morgan fingerprint density at radius 3 is 2.47 bits per heavy atom. The second kappa shape index (κ2) is 10.2. The van der Waals surface area contributed by atoms with Gasteiger partial charge in [0, 0.05) is 34.2 Å². The van der Waals surface area contributed by atoms with Gasteiger partial charge in [-0.05, 0) is 67.6 Å². The topological polar surface area (TPSA) is 39.9 Å². The first-order valence-corrected chi connectivity index (χ1v) is 10.5. The van der Waals surface area contributed by atoms with Crippen molar-refractivity contribution in [2.24, 2.45) is 0 Å². The molecule has 0 saturated carbocycles. The minimum atomic E-state index is -0.238. The quantitative estimate of drug-likeness (QED) is 0.239. The lowest BCUT2D eigenvalue weighted by atomic mass is 10.1. The summed E-state index contributed by atoms with van der Waals surface area (Å²) in [7, 11) is 1.93. The Kier molecular flexibility index (Phi) is 7.67. The molecule has 4 rings (SSSR count). The second-order valence-corrected chi connectivity index (χ2v) is 8.14. The molecule has 1 heterocycles. The maximum atomic E-state index is 13.9. The number of benzene rings is 3. The van der Waals surface area contributed by atoms with Gasteiger partial charge in [-0.15, -0.1) is 12.6 Å². The number of aromatic nitrogens is 1. The van der Waals surface area contributed by atoms with Gasteiger partial charge in [0.05, 0.1) is 15.7 Å². The molecule has 1 aromatic heterocycles. The molecule has 0 aliphatic carbocycles. The number of halogens is 3. The molecule has 0 atom stereocenters. The Labute approximate surface area is 191 Å². The SMILES string of the molecule is CNCc1c[nH]c2cc(Nc3ccc(C)cc3F)ccc12.Sc1ccc(Cl)c(Cl)c1. The Hall–Kier alpha value is -2.18. The summed E-state index contributed by atoms with van der Waals surface area (Å²) in [5.74, 6) is -0.238. The highest BCUT2D eigenvalue weighted by Crippen LogP contribution is 2.26. The van der Waals surface area contributed by atoms with E-state index in [0.717, 1.165) is 28.2 Å². The summed E-state index contributed by atoms with van der Waals surface area (Å²) in [6.07, 6.45) is 2.00. The van der Waals surface area contributed by atoms with Crippen LogP contribution in [0.4, 0.5) is 15.8 Å². The van der Waals surface area contributed by atoms with E-state index in [4.69, 9.17) is 23.2 Å². The van der Waals surface area contributed by atoms with Crippen molar-refractivity contribution in [2.45, 2.75) is 18.4 Å². The highest BCUT2D eigenvalue weighted by molar-refractivity contribution is 7.80. The van der Waals surface area contributed by atoms with Crippen LogP contribution >= 0.6 is 35.8 Å². The van der Waals surface area contributed by atoms with Crippen LogP contribution in [0.25, 0.3) is 10.9 Å². The molecule has 0 radical (unpaired) electrons. The first kappa shape index (κ1) is 22.5. The van der Waals surface area contributed by atoms with Gasteiger partial charge >= 0.3 is 0 Å². The largest absolute Gasteiger partial charge is 0.361 e. The van der Waals surface area contributed by atoms with Gasteiger partial charge < -0.3 is 15.6 Å². The van der Waals surface area contributed by atoms with Gasteiger partial charge in [-0.25, -0.2) is 4.39 Å². The molecule has 0 aliphatic heterocycles. The normalized spacial score (nSPS) is 10.6. The van der Waals surface area contributed by atoms with Crippen LogP contribution in [0, 0.1) is 12.7 Å². The van der Waals surface area contributed by atoms with Crippen LogP contribution in [-0.4, -0.2) is 12.0 Å². The number of anilines is 2. The molecule has 3 nitrogen and oxygen atoms in total. The van der Waals surface area contributed by atoms with Crippen molar-refractivity contribution in [3.63, 3.8) is 0 Å². The number of fused-ring (bicyclic) bond motifs is 1. The van der Waals surface area contributed by atoms with Crippen LogP contribution in [0.3, 0.4) is 0 Å². The molecule has 0 bridgehead atoms. The van der Waals surface area contributed by atoms with E-state index in [1.54, 1.807) is 24.3 Å². The molecule has 7 heteroatoms. The number of hydrogen-bond acceptors (Lipinski definition) is 3. The Morgan fingerprint density at radius 2 is 1.80 bits per heavy atom. The van der Waals surface area contributed by atoms with E-state index in [1.807, 2.05) is 44.4 Å². The van der Waals surface area contributed by atoms with E-state index in [0.29, 0.717) is 15.7 Å². The van der Waals surface area contributed by atoms with Crippen molar-refractivity contribution in [3.05, 3.63) is 87.8 Å². The fourth-order valence-corrected chi connectivity index (χ4v) is 3.54. The van der Waals surface area contributed by atoms with Crippen molar-refractivity contribution in [2.75, 3.05) is 12.4 Å². The number of hydrogen-bond donors (Lipinski definition) is 4. The van der Waals surface area contributed by atoms with Gasteiger partial charge in [0.15, 0.2) is 0 Å². The number of H-pyrrole nitrogens is 1. The monoisotopic (exact) mass is 461 g/mol. The third kappa shape index (κ3) is 5.70. The molecule has 0 spiro atoms. The lowest BCUT2D eigenvalue weighted by Crippen LogP contribution is -2.03. The molecule has 3 N–H and O–H groups in total. The van der Waals surface area contributed by atoms with Crippen molar-refractivity contribution in [1.29, 1.82) is 0 Å². The summed E-state index contributed by atoms with van der Waals surface area (Å²) in [5.41, 5.74) is 4.53. The number of aryl methyl sites for hydroxylation is 1. The maximum Gasteiger partial charge on any atom is 0.146 e. The number of aromatic amines is 1. The van der Waals surface area contributed by atoms with E-state index in [2.05, 4.69) is 28.2 Å². The Balaban J connectivity index is 0.000000239. The third-order valence-corrected chi connectivity index (χ3v) is 5.46. The predicted molar refractivity (Wildman–Crippen MR) is 129 cm³/mol. The molecular weight excluding hydrogens is 440 g/mol. The average Bonchev–Trinajstić information content (AvgIpc) is 3.10.